The minimum Gasteiger partial charge on any atom is -0.469 e. The number of rotatable bonds is 6. The van der Waals surface area contributed by atoms with Crippen LogP contribution in [0.15, 0.2) is 54.0 Å². The van der Waals surface area contributed by atoms with Gasteiger partial charge in [-0.2, -0.15) is 0 Å². The Bertz CT molecular complexity index is 1620. The first-order valence-corrected chi connectivity index (χ1v) is 14.4. The van der Waals surface area contributed by atoms with Crippen molar-refractivity contribution in [3.05, 3.63) is 59.8 Å². The van der Waals surface area contributed by atoms with Gasteiger partial charge >= 0.3 is 5.97 Å². The zero-order valence-corrected chi connectivity index (χ0v) is 23.4. The number of allylic oxidation sites excluding steroid dienone is 3. The molecular weight excluding hydrogens is 545 g/mol. The Morgan fingerprint density at radius 3 is 2.85 bits per heavy atom. The van der Waals surface area contributed by atoms with Crippen molar-refractivity contribution >= 4 is 44.4 Å². The lowest BCUT2D eigenvalue weighted by Gasteiger charge is -2.36. The fourth-order valence-corrected chi connectivity index (χ4v) is 7.48. The predicted octanol–water partition coefficient (Wildman–Crippen LogP) is 5.19. The largest absolute Gasteiger partial charge is 0.469 e. The number of carbonyl (C=O) groups excluding carboxylic acids is 1. The summed E-state index contributed by atoms with van der Waals surface area (Å²) >= 11 is 6.17. The number of fused-ring (bicyclic) bond motifs is 1. The number of aromatic nitrogens is 4. The highest BCUT2D eigenvalue weighted by atomic mass is 35.5. The highest BCUT2D eigenvalue weighted by Gasteiger charge is 2.41. The maximum absolute atomic E-state index is 14.9. The third-order valence-electron chi connectivity index (χ3n) is 7.61. The molecule has 5 rings (SSSR count). The van der Waals surface area contributed by atoms with Gasteiger partial charge in [0.05, 0.1) is 18.7 Å². The summed E-state index contributed by atoms with van der Waals surface area (Å²) in [7, 11) is -2.66. The molecule has 1 saturated carbocycles. The van der Waals surface area contributed by atoms with E-state index in [1.54, 1.807) is 31.2 Å². The first-order chi connectivity index (χ1) is 18.5. The number of carbonyl (C=O) groups is 1. The number of halogens is 2. The van der Waals surface area contributed by atoms with Gasteiger partial charge in [0.1, 0.15) is 4.75 Å². The van der Waals surface area contributed by atoms with Gasteiger partial charge in [-0.1, -0.05) is 24.1 Å². The average molecular weight is 574 g/mol. The number of nitrogens with zero attached hydrogens (tertiary/aromatic N) is 4. The van der Waals surface area contributed by atoms with Crippen LogP contribution in [0.2, 0.25) is 0 Å². The van der Waals surface area contributed by atoms with Crippen LogP contribution >= 0.6 is 11.6 Å². The van der Waals surface area contributed by atoms with Crippen LogP contribution in [0.4, 0.5) is 10.2 Å². The molecule has 206 valence electrons. The van der Waals surface area contributed by atoms with Crippen LogP contribution in [-0.4, -0.2) is 51.2 Å². The van der Waals surface area contributed by atoms with Gasteiger partial charge in [-0.15, -0.1) is 0 Å². The molecule has 0 amide bonds. The summed E-state index contributed by atoms with van der Waals surface area (Å²) in [4.78, 5) is 25.3. The first-order valence-electron chi connectivity index (χ1n) is 12.6. The Morgan fingerprint density at radius 1 is 1.31 bits per heavy atom. The second-order valence-corrected chi connectivity index (χ2v) is 13.3. The van der Waals surface area contributed by atoms with E-state index in [4.69, 9.17) is 16.3 Å². The maximum Gasteiger partial charge on any atom is 0.311 e. The van der Waals surface area contributed by atoms with Crippen molar-refractivity contribution in [2.24, 2.45) is 5.41 Å². The molecule has 3 aromatic rings. The second kappa shape index (κ2) is 10.0. The molecule has 12 heteroatoms. The third-order valence-corrected chi connectivity index (χ3v) is 10.1. The van der Waals surface area contributed by atoms with Crippen molar-refractivity contribution in [3.63, 3.8) is 0 Å². The number of anilines is 1. The van der Waals surface area contributed by atoms with Crippen LogP contribution in [0, 0.1) is 11.2 Å². The van der Waals surface area contributed by atoms with Gasteiger partial charge in [-0.05, 0) is 63.8 Å². The topological polar surface area (TPSA) is 116 Å². The van der Waals surface area contributed by atoms with E-state index >= 15 is 0 Å². The smallest absolute Gasteiger partial charge is 0.311 e. The maximum atomic E-state index is 14.9. The van der Waals surface area contributed by atoms with E-state index in [-0.39, 0.29) is 35.7 Å². The number of methoxy groups -OCH3 is 1. The summed E-state index contributed by atoms with van der Waals surface area (Å²) in [5.74, 6) is -0.831. The third kappa shape index (κ3) is 4.82. The van der Waals surface area contributed by atoms with E-state index in [0.29, 0.717) is 28.8 Å². The number of ether oxygens (including phenoxy) is 1. The van der Waals surface area contributed by atoms with E-state index in [1.807, 2.05) is 6.92 Å². The minimum absolute atomic E-state index is 0.0224. The Labute approximate surface area is 231 Å². The molecule has 2 aliphatic rings. The second-order valence-electron chi connectivity index (χ2n) is 10.5. The van der Waals surface area contributed by atoms with Crippen molar-refractivity contribution in [2.75, 3.05) is 12.4 Å². The van der Waals surface area contributed by atoms with Gasteiger partial charge in [-0.3, -0.25) is 4.79 Å². The number of nitrogens with one attached hydrogen (secondary N) is 1. The lowest BCUT2D eigenvalue weighted by Crippen LogP contribution is -2.39. The van der Waals surface area contributed by atoms with Gasteiger partial charge in [0.15, 0.2) is 23.1 Å². The fraction of sp³-hybridized carbons (Fsp3) is 0.407. The molecule has 3 atom stereocenters. The zero-order valence-electron chi connectivity index (χ0n) is 21.8. The molecule has 1 N–H and O–H groups in total. The average Bonchev–Trinajstić information content (AvgIpc) is 3.30. The van der Waals surface area contributed by atoms with Crippen molar-refractivity contribution in [2.45, 2.75) is 56.7 Å². The molecule has 0 aliphatic heterocycles. The lowest BCUT2D eigenvalue weighted by molar-refractivity contribution is -0.153. The Balaban J connectivity index is 1.53. The molecular formula is C27H29ClFN5O4S. The molecule has 39 heavy (non-hydrogen) atoms. The van der Waals surface area contributed by atoms with Crippen LogP contribution in [0.1, 0.15) is 46.0 Å². The Kier molecular flexibility index (Phi) is 7.00. The molecule has 9 nitrogen and oxygen atoms in total. The summed E-state index contributed by atoms with van der Waals surface area (Å²) < 4.78 is 47.4. The van der Waals surface area contributed by atoms with E-state index in [1.165, 1.54) is 25.6 Å². The molecule has 2 aliphatic carbocycles. The first kappa shape index (κ1) is 27.3. The molecule has 0 aromatic carbocycles. The highest BCUT2D eigenvalue weighted by Crippen LogP contribution is 2.39. The van der Waals surface area contributed by atoms with E-state index < -0.39 is 26.0 Å². The summed E-state index contributed by atoms with van der Waals surface area (Å²) in [5, 5.41) is 3.97. The number of pyridine rings is 1. The summed E-state index contributed by atoms with van der Waals surface area (Å²) in [6.07, 6.45) is 11.8. The zero-order chi connectivity index (χ0) is 28.0. The van der Waals surface area contributed by atoms with Crippen molar-refractivity contribution in [1.29, 1.82) is 0 Å². The normalized spacial score (nSPS) is 25.4. The van der Waals surface area contributed by atoms with Crippen LogP contribution in [-0.2, 0) is 19.6 Å². The minimum atomic E-state index is -4.02. The summed E-state index contributed by atoms with van der Waals surface area (Å²) in [6, 6.07) is 3.20. The fourth-order valence-electron chi connectivity index (χ4n) is 5.43. The molecule has 1 unspecified atom stereocenters. The van der Waals surface area contributed by atoms with Crippen LogP contribution < -0.4 is 5.32 Å². The van der Waals surface area contributed by atoms with Crippen LogP contribution in [0.3, 0.4) is 0 Å². The van der Waals surface area contributed by atoms with Gasteiger partial charge in [0.2, 0.25) is 10.0 Å². The monoisotopic (exact) mass is 573 g/mol. The quantitative estimate of drug-likeness (QED) is 0.401. The molecule has 0 spiro atoms. The Hall–Kier alpha value is -3.31. The summed E-state index contributed by atoms with van der Waals surface area (Å²) in [6.45, 7) is 3.45. The standard InChI is InChI=1S/C27H29ClFN5O4S/c1-26(25(35)38-3)10-5-8-18(14-26)32-23-21(29)15-31-22(33-23)20-16-34(24-19(20)9-6-12-30-24)39(36,37)27(2)11-4-7-17(28)13-27/h4,6-7,9,12-13,15-16,18H,5,8,10-11,14H2,1-3H3,(H,31,32,33)/t18-,26+,27?/m0/s1. The Morgan fingerprint density at radius 2 is 2.10 bits per heavy atom. The van der Waals surface area contributed by atoms with Gasteiger partial charge in [0.25, 0.3) is 0 Å². The van der Waals surface area contributed by atoms with Crippen molar-refractivity contribution < 1.29 is 22.3 Å². The van der Waals surface area contributed by atoms with E-state index in [2.05, 4.69) is 20.3 Å². The predicted molar refractivity (Wildman–Crippen MR) is 147 cm³/mol. The van der Waals surface area contributed by atoms with Crippen molar-refractivity contribution in [1.82, 2.24) is 18.9 Å². The molecule has 0 saturated heterocycles. The van der Waals surface area contributed by atoms with Gasteiger partial charge < -0.3 is 10.1 Å². The molecule has 3 aromatic heterocycles. The highest BCUT2D eigenvalue weighted by molar-refractivity contribution is 7.91. The number of hydrogen-bond donors (Lipinski definition) is 1. The number of hydrogen-bond acceptors (Lipinski definition) is 8. The number of esters is 1. The van der Waals surface area contributed by atoms with E-state index in [9.17, 15) is 17.6 Å². The molecule has 0 radical (unpaired) electrons. The van der Waals surface area contributed by atoms with Crippen LogP contribution in [0.5, 0.6) is 0 Å². The lowest BCUT2D eigenvalue weighted by atomic mass is 9.73. The summed E-state index contributed by atoms with van der Waals surface area (Å²) in [5.41, 5.74) is -0.0826. The molecule has 1 fully saturated rings. The van der Waals surface area contributed by atoms with E-state index in [0.717, 1.165) is 23.0 Å². The molecule has 3 heterocycles. The SMILES string of the molecule is COC(=O)[C@]1(C)CCC[C@H](Nc2nc(-c3cn(S(=O)(=O)C4(C)C=C(Cl)C=CC4)c4ncccc34)ncc2F)C1. The van der Waals surface area contributed by atoms with Gasteiger partial charge in [0, 0.05) is 34.4 Å². The van der Waals surface area contributed by atoms with Gasteiger partial charge in [-0.25, -0.2) is 31.7 Å². The molecule has 0 bridgehead atoms. The van der Waals surface area contributed by atoms with Crippen LogP contribution in [0.25, 0.3) is 22.4 Å². The van der Waals surface area contributed by atoms with Crippen molar-refractivity contribution in [3.8, 4) is 11.4 Å².